The summed E-state index contributed by atoms with van der Waals surface area (Å²) in [6.07, 6.45) is 0. The van der Waals surface area contributed by atoms with Gasteiger partial charge in [0.1, 0.15) is 0 Å². The van der Waals surface area contributed by atoms with E-state index in [1.807, 2.05) is 30.1 Å². The molecule has 3 N–H and O–H groups in total. The minimum Gasteiger partial charge on any atom is -0.395 e. The predicted octanol–water partition coefficient (Wildman–Crippen LogP) is 1.23. The first-order valence-electron chi connectivity index (χ1n) is 4.49. The van der Waals surface area contributed by atoms with Crippen LogP contribution in [0.2, 0.25) is 5.02 Å². The molecule has 78 valence electrons. The average Bonchev–Trinajstić information content (AvgIpc) is 2.18. The van der Waals surface area contributed by atoms with Crippen LogP contribution in [0.25, 0.3) is 0 Å². The predicted molar refractivity (Wildman–Crippen MR) is 59.7 cm³/mol. The Morgan fingerprint density at radius 3 is 2.71 bits per heavy atom. The number of likely N-dealkylation sites (N-methyl/N-ethyl adjacent to an activating group) is 1. The monoisotopic (exact) mass is 214 g/mol. The van der Waals surface area contributed by atoms with Crippen LogP contribution in [-0.4, -0.2) is 25.3 Å². The normalized spacial score (nSPS) is 10.3. The van der Waals surface area contributed by atoms with Gasteiger partial charge in [-0.15, -0.1) is 0 Å². The number of aliphatic hydroxyl groups excluding tert-OH is 1. The van der Waals surface area contributed by atoms with Crippen molar-refractivity contribution in [3.63, 3.8) is 0 Å². The van der Waals surface area contributed by atoms with Crippen LogP contribution in [0, 0.1) is 0 Å². The van der Waals surface area contributed by atoms with Crippen LogP contribution in [0.3, 0.4) is 0 Å². The van der Waals surface area contributed by atoms with Crippen molar-refractivity contribution in [2.75, 3.05) is 25.1 Å². The van der Waals surface area contributed by atoms with E-state index in [-0.39, 0.29) is 6.61 Å². The zero-order valence-corrected chi connectivity index (χ0v) is 8.96. The number of rotatable bonds is 4. The van der Waals surface area contributed by atoms with Gasteiger partial charge in [0.2, 0.25) is 0 Å². The summed E-state index contributed by atoms with van der Waals surface area (Å²) < 4.78 is 0. The third-order valence-corrected chi connectivity index (χ3v) is 2.48. The smallest absolute Gasteiger partial charge is 0.0606 e. The Morgan fingerprint density at radius 1 is 1.50 bits per heavy atom. The summed E-state index contributed by atoms with van der Waals surface area (Å²) in [5.74, 6) is 0. The summed E-state index contributed by atoms with van der Waals surface area (Å²) in [5, 5.41) is 9.45. The molecule has 0 atom stereocenters. The summed E-state index contributed by atoms with van der Waals surface area (Å²) in [7, 11) is 1.91. The first-order valence-corrected chi connectivity index (χ1v) is 4.87. The molecule has 0 spiro atoms. The lowest BCUT2D eigenvalue weighted by molar-refractivity contribution is 0.304. The number of anilines is 1. The van der Waals surface area contributed by atoms with E-state index in [2.05, 4.69) is 0 Å². The fraction of sp³-hybridized carbons (Fsp3) is 0.400. The second-order valence-corrected chi connectivity index (χ2v) is 3.53. The van der Waals surface area contributed by atoms with Gasteiger partial charge in [-0.05, 0) is 17.7 Å². The van der Waals surface area contributed by atoms with Crippen molar-refractivity contribution in [1.29, 1.82) is 0 Å². The Bertz CT molecular complexity index is 304. The number of aliphatic hydroxyl groups is 1. The number of nitrogens with zero attached hydrogens (tertiary/aromatic N) is 1. The van der Waals surface area contributed by atoms with Gasteiger partial charge in [0.15, 0.2) is 0 Å². The molecular formula is C10H15ClN2O. The lowest BCUT2D eigenvalue weighted by atomic mass is 10.2. The maximum absolute atomic E-state index is 8.77. The van der Waals surface area contributed by atoms with Gasteiger partial charge in [-0.25, -0.2) is 0 Å². The average molecular weight is 215 g/mol. The van der Waals surface area contributed by atoms with E-state index in [4.69, 9.17) is 22.4 Å². The summed E-state index contributed by atoms with van der Waals surface area (Å²) >= 11 is 6.00. The van der Waals surface area contributed by atoms with E-state index in [1.165, 1.54) is 0 Å². The highest BCUT2D eigenvalue weighted by atomic mass is 35.5. The first-order chi connectivity index (χ1) is 6.69. The van der Waals surface area contributed by atoms with E-state index >= 15 is 0 Å². The van der Waals surface area contributed by atoms with Crippen LogP contribution < -0.4 is 10.6 Å². The molecular weight excluding hydrogens is 200 g/mol. The molecule has 1 aromatic carbocycles. The number of hydrogen-bond donors (Lipinski definition) is 2. The van der Waals surface area contributed by atoms with Gasteiger partial charge in [-0.1, -0.05) is 17.7 Å². The van der Waals surface area contributed by atoms with Gasteiger partial charge in [0.05, 0.1) is 6.61 Å². The molecule has 0 saturated carbocycles. The summed E-state index contributed by atoms with van der Waals surface area (Å²) in [4.78, 5) is 1.94. The van der Waals surface area contributed by atoms with Crippen molar-refractivity contribution in [2.24, 2.45) is 5.73 Å². The molecule has 1 aromatic rings. The van der Waals surface area contributed by atoms with Gasteiger partial charge in [0.25, 0.3) is 0 Å². The molecule has 0 fully saturated rings. The SMILES string of the molecule is CN(CCO)c1ccc(CN)c(Cl)c1. The summed E-state index contributed by atoms with van der Waals surface area (Å²) in [5.41, 5.74) is 7.42. The van der Waals surface area contributed by atoms with E-state index in [9.17, 15) is 0 Å². The number of hydrogen-bond acceptors (Lipinski definition) is 3. The van der Waals surface area contributed by atoms with Gasteiger partial charge >= 0.3 is 0 Å². The van der Waals surface area contributed by atoms with Crippen LogP contribution >= 0.6 is 11.6 Å². The van der Waals surface area contributed by atoms with Crippen LogP contribution in [-0.2, 0) is 6.54 Å². The topological polar surface area (TPSA) is 49.5 Å². The first kappa shape index (κ1) is 11.3. The van der Waals surface area contributed by atoms with Gasteiger partial charge in [-0.3, -0.25) is 0 Å². The lowest BCUT2D eigenvalue weighted by Gasteiger charge is -2.18. The molecule has 0 radical (unpaired) electrons. The molecule has 1 rings (SSSR count). The molecule has 0 unspecified atom stereocenters. The molecule has 0 aliphatic carbocycles. The van der Waals surface area contributed by atoms with E-state index in [1.54, 1.807) is 0 Å². The molecule has 0 heterocycles. The molecule has 0 aliphatic heterocycles. The van der Waals surface area contributed by atoms with E-state index < -0.39 is 0 Å². The van der Waals surface area contributed by atoms with Crippen LogP contribution in [0.15, 0.2) is 18.2 Å². The quantitative estimate of drug-likeness (QED) is 0.793. The second-order valence-electron chi connectivity index (χ2n) is 3.12. The fourth-order valence-corrected chi connectivity index (χ4v) is 1.47. The summed E-state index contributed by atoms with van der Waals surface area (Å²) in [6.45, 7) is 1.17. The lowest BCUT2D eigenvalue weighted by Crippen LogP contribution is -2.21. The molecule has 0 aliphatic rings. The minimum atomic E-state index is 0.132. The third kappa shape index (κ3) is 2.61. The Balaban J connectivity index is 2.85. The highest BCUT2D eigenvalue weighted by Crippen LogP contribution is 2.22. The second kappa shape index (κ2) is 5.20. The molecule has 0 bridgehead atoms. The highest BCUT2D eigenvalue weighted by Gasteiger charge is 2.03. The molecule has 14 heavy (non-hydrogen) atoms. The van der Waals surface area contributed by atoms with E-state index in [0.29, 0.717) is 18.1 Å². The zero-order valence-electron chi connectivity index (χ0n) is 8.20. The standard InChI is InChI=1S/C10H15ClN2O/c1-13(4-5-14)9-3-2-8(7-12)10(11)6-9/h2-3,6,14H,4-5,7,12H2,1H3. The third-order valence-electron chi connectivity index (χ3n) is 2.13. The van der Waals surface area contributed by atoms with Gasteiger partial charge in [0, 0.05) is 30.8 Å². The van der Waals surface area contributed by atoms with Crippen molar-refractivity contribution in [3.05, 3.63) is 28.8 Å². The minimum absolute atomic E-state index is 0.132. The molecule has 4 heteroatoms. The number of benzene rings is 1. The Labute approximate surface area is 89.1 Å². The Kier molecular flexibility index (Phi) is 4.20. The van der Waals surface area contributed by atoms with Crippen LogP contribution in [0.4, 0.5) is 5.69 Å². The van der Waals surface area contributed by atoms with Crippen molar-refractivity contribution in [1.82, 2.24) is 0 Å². The largest absolute Gasteiger partial charge is 0.395 e. The highest BCUT2D eigenvalue weighted by molar-refractivity contribution is 6.31. The van der Waals surface area contributed by atoms with Crippen LogP contribution in [0.5, 0.6) is 0 Å². The maximum atomic E-state index is 8.77. The van der Waals surface area contributed by atoms with Gasteiger partial charge < -0.3 is 15.7 Å². The number of nitrogens with two attached hydrogens (primary N) is 1. The fourth-order valence-electron chi connectivity index (χ4n) is 1.22. The molecule has 3 nitrogen and oxygen atoms in total. The van der Waals surface area contributed by atoms with E-state index in [0.717, 1.165) is 11.3 Å². The van der Waals surface area contributed by atoms with Crippen LogP contribution in [0.1, 0.15) is 5.56 Å². The van der Waals surface area contributed by atoms with Gasteiger partial charge in [-0.2, -0.15) is 0 Å². The van der Waals surface area contributed by atoms with Crippen molar-refractivity contribution >= 4 is 17.3 Å². The summed E-state index contributed by atoms with van der Waals surface area (Å²) in [6, 6.07) is 5.72. The van der Waals surface area contributed by atoms with Crippen molar-refractivity contribution in [3.8, 4) is 0 Å². The Morgan fingerprint density at radius 2 is 2.21 bits per heavy atom. The molecule has 0 saturated heterocycles. The molecule has 0 aromatic heterocycles. The van der Waals surface area contributed by atoms with Crippen molar-refractivity contribution < 1.29 is 5.11 Å². The maximum Gasteiger partial charge on any atom is 0.0606 e. The van der Waals surface area contributed by atoms with Crippen molar-refractivity contribution in [2.45, 2.75) is 6.54 Å². The number of halogens is 1. The Hall–Kier alpha value is -0.770. The molecule has 0 amide bonds. The zero-order chi connectivity index (χ0) is 10.6.